The first-order valence-corrected chi connectivity index (χ1v) is 6.13. The number of carbonyl (C=O) groups is 1. The number of rotatable bonds is 3. The van der Waals surface area contributed by atoms with Crippen molar-refractivity contribution in [3.05, 3.63) is 0 Å². The van der Waals surface area contributed by atoms with E-state index >= 15 is 0 Å². The van der Waals surface area contributed by atoms with Gasteiger partial charge in [0.2, 0.25) is 0 Å². The molecule has 10 heavy (non-hydrogen) atoms. The Morgan fingerprint density at radius 1 is 1.60 bits per heavy atom. The third-order valence-electron chi connectivity index (χ3n) is 0.752. The van der Waals surface area contributed by atoms with Crippen molar-refractivity contribution in [1.29, 1.82) is 0 Å². The molecule has 60 valence electrons. The van der Waals surface area contributed by atoms with E-state index in [4.69, 9.17) is 19.0 Å². The summed E-state index contributed by atoms with van der Waals surface area (Å²) in [5, 5.41) is 7.33. The van der Waals surface area contributed by atoms with Crippen LogP contribution in [0.15, 0.2) is 0 Å². The molecule has 1 atom stereocenters. The zero-order chi connectivity index (χ0) is 8.36. The van der Waals surface area contributed by atoms with Crippen LogP contribution in [0.25, 0.3) is 0 Å². The van der Waals surface area contributed by atoms with E-state index in [1.807, 2.05) is 0 Å². The molecule has 0 radical (unpaired) electrons. The van der Waals surface area contributed by atoms with E-state index in [0.29, 0.717) is 0 Å². The fourth-order valence-corrected chi connectivity index (χ4v) is 1.74. The van der Waals surface area contributed by atoms with E-state index in [2.05, 4.69) is 0 Å². The second-order valence-corrected chi connectivity index (χ2v) is 5.35. The minimum absolute atomic E-state index is 0.756. The molecule has 6 nitrogen and oxygen atoms in total. The minimum atomic E-state index is -4.84. The summed E-state index contributed by atoms with van der Waals surface area (Å²) < 4.78 is 26.7. The van der Waals surface area contributed by atoms with E-state index in [0.717, 1.165) is 0 Å². The van der Waals surface area contributed by atoms with Crippen molar-refractivity contribution in [3.8, 4) is 0 Å². The Morgan fingerprint density at radius 2 is 2.00 bits per heavy atom. The normalized spacial score (nSPS) is 14.7. The molecule has 0 rings (SSSR count). The molecule has 0 amide bonds. The van der Waals surface area contributed by atoms with E-state index in [9.17, 15) is 8.53 Å². The predicted octanol–water partition coefficient (Wildman–Crippen LogP) is -2.25. The number of hydrogen-bond donors (Lipinski definition) is 4. The fourth-order valence-electron chi connectivity index (χ4n) is 0.334. The van der Waals surface area contributed by atoms with Crippen LogP contribution in [0.1, 0.15) is 0 Å². The molecular formula is C3H8AsNO5. The van der Waals surface area contributed by atoms with Crippen molar-refractivity contribution >= 4 is 20.1 Å². The number of carboxylic acid groups (broad SMARTS) is 1. The van der Waals surface area contributed by atoms with Crippen LogP contribution in [-0.4, -0.2) is 39.5 Å². The Morgan fingerprint density at radius 3 is 2.10 bits per heavy atom. The summed E-state index contributed by atoms with van der Waals surface area (Å²) in [6.07, 6.45) is 0. The van der Waals surface area contributed by atoms with E-state index in [1.165, 1.54) is 0 Å². The van der Waals surface area contributed by atoms with E-state index in [-0.39, 0.29) is 0 Å². The van der Waals surface area contributed by atoms with Gasteiger partial charge >= 0.3 is 59.0 Å². The van der Waals surface area contributed by atoms with E-state index < -0.39 is 31.4 Å². The molecule has 0 aromatic carbocycles. The van der Waals surface area contributed by atoms with Crippen LogP contribution >= 0.6 is 0 Å². The average Bonchev–Trinajstić information content (AvgIpc) is 1.60. The van der Waals surface area contributed by atoms with Gasteiger partial charge in [-0.2, -0.15) is 0 Å². The maximum absolute atomic E-state index is 10.2. The summed E-state index contributed by atoms with van der Waals surface area (Å²) in [4.78, 5) is 9.92. The maximum atomic E-state index is 10.2. The molecule has 1 unspecified atom stereocenters. The molecule has 0 aromatic heterocycles. The van der Waals surface area contributed by atoms with Gasteiger partial charge in [-0.05, 0) is 0 Å². The van der Waals surface area contributed by atoms with Crippen LogP contribution < -0.4 is 5.73 Å². The van der Waals surface area contributed by atoms with Crippen LogP contribution in [0.5, 0.6) is 0 Å². The Kier molecular flexibility index (Phi) is 3.11. The summed E-state index contributed by atoms with van der Waals surface area (Å²) in [7, 11) is 0. The zero-order valence-electron chi connectivity index (χ0n) is 4.97. The van der Waals surface area contributed by atoms with Gasteiger partial charge in [-0.15, -0.1) is 0 Å². The first kappa shape index (κ1) is 9.71. The van der Waals surface area contributed by atoms with Crippen LogP contribution in [0.4, 0.5) is 0 Å². The molecule has 0 aliphatic carbocycles. The summed E-state index contributed by atoms with van der Waals surface area (Å²) in [5.41, 5.74) is 4.83. The molecule has 0 heterocycles. The third kappa shape index (κ3) is 4.57. The van der Waals surface area contributed by atoms with Gasteiger partial charge in [-0.1, -0.05) is 0 Å². The van der Waals surface area contributed by atoms with Crippen molar-refractivity contribution in [2.75, 3.05) is 0 Å². The number of aliphatic carboxylic acids is 1. The standard InChI is InChI=1S/C3H8AsNO5/c5-2(3(6)7)1-4(8,9)10/h2H,1,5H2,(H,6,7)(H2,8,9,10). The second kappa shape index (κ2) is 3.20. The second-order valence-electron chi connectivity index (χ2n) is 1.79. The van der Waals surface area contributed by atoms with Gasteiger partial charge in [0.15, 0.2) is 0 Å². The third-order valence-corrected chi connectivity index (χ3v) is 2.58. The zero-order valence-corrected chi connectivity index (χ0v) is 6.84. The van der Waals surface area contributed by atoms with Gasteiger partial charge in [0.25, 0.3) is 0 Å². The molecule has 0 saturated heterocycles. The Balaban J connectivity index is 3.93. The fraction of sp³-hybridized carbons (Fsp3) is 0.667. The van der Waals surface area contributed by atoms with Gasteiger partial charge in [0.1, 0.15) is 0 Å². The van der Waals surface area contributed by atoms with Crippen LogP contribution in [-0.2, 0) is 8.53 Å². The van der Waals surface area contributed by atoms with Crippen LogP contribution in [0.2, 0.25) is 5.21 Å². The molecule has 0 fully saturated rings. The SMILES string of the molecule is NC(C[As](=O)(O)O)C(=O)O. The number of carboxylic acids is 1. The van der Waals surface area contributed by atoms with Crippen LogP contribution in [0, 0.1) is 0 Å². The Hall–Kier alpha value is -0.292. The Labute approximate surface area is 59.6 Å². The van der Waals surface area contributed by atoms with Crippen molar-refractivity contribution in [2.45, 2.75) is 11.3 Å². The number of hydrogen-bond acceptors (Lipinski definition) is 3. The van der Waals surface area contributed by atoms with Crippen molar-refractivity contribution in [1.82, 2.24) is 0 Å². The summed E-state index contributed by atoms with van der Waals surface area (Å²) in [6, 6.07) is -1.46. The summed E-state index contributed by atoms with van der Waals surface area (Å²) >= 11 is -4.84. The number of nitrogens with two attached hydrogens (primary N) is 1. The molecule has 0 aliphatic rings. The topological polar surface area (TPSA) is 121 Å². The first-order valence-electron chi connectivity index (χ1n) is 2.36. The van der Waals surface area contributed by atoms with Gasteiger partial charge in [-0.3, -0.25) is 0 Å². The van der Waals surface area contributed by atoms with Gasteiger partial charge < -0.3 is 0 Å². The molecule has 0 saturated carbocycles. The molecule has 5 N–H and O–H groups in total. The molecule has 7 heteroatoms. The molecule has 0 aromatic rings. The summed E-state index contributed by atoms with van der Waals surface area (Å²) in [5.74, 6) is -1.40. The van der Waals surface area contributed by atoms with Crippen molar-refractivity contribution in [2.24, 2.45) is 5.73 Å². The molecule has 0 aliphatic heterocycles. The van der Waals surface area contributed by atoms with Gasteiger partial charge in [0, 0.05) is 0 Å². The van der Waals surface area contributed by atoms with Crippen molar-refractivity contribution in [3.63, 3.8) is 0 Å². The van der Waals surface area contributed by atoms with Crippen LogP contribution in [0.3, 0.4) is 0 Å². The van der Waals surface area contributed by atoms with E-state index in [1.54, 1.807) is 0 Å². The molecule has 0 bridgehead atoms. The van der Waals surface area contributed by atoms with Gasteiger partial charge in [0.05, 0.1) is 0 Å². The summed E-state index contributed by atoms with van der Waals surface area (Å²) in [6.45, 7) is 0. The quantitative estimate of drug-likeness (QED) is 0.393. The van der Waals surface area contributed by atoms with Crippen molar-refractivity contribution < 1.29 is 21.8 Å². The predicted molar refractivity (Wildman–Crippen MR) is 31.3 cm³/mol. The molecule has 0 spiro atoms. The van der Waals surface area contributed by atoms with Gasteiger partial charge in [-0.25, -0.2) is 0 Å². The Bertz CT molecular complexity index is 174. The molecular weight excluding hydrogens is 205 g/mol. The first-order chi connectivity index (χ1) is 4.33. The monoisotopic (exact) mass is 213 g/mol. The average molecular weight is 213 g/mol.